The zero-order valence-corrected chi connectivity index (χ0v) is 10.7. The number of nitrogens with two attached hydrogens (primary N) is 1. The largest absolute Gasteiger partial charge is 0.399 e. The second-order valence-electron chi connectivity index (χ2n) is 4.53. The molecule has 0 bridgehead atoms. The van der Waals surface area contributed by atoms with Crippen molar-refractivity contribution in [2.24, 2.45) is 0 Å². The van der Waals surface area contributed by atoms with Crippen molar-refractivity contribution in [2.75, 3.05) is 5.73 Å². The molecule has 0 aliphatic heterocycles. The molecule has 0 spiro atoms. The molecule has 2 aromatic carbocycles. The van der Waals surface area contributed by atoms with Crippen LogP contribution in [0.2, 0.25) is 0 Å². The monoisotopic (exact) mass is 249 g/mol. The van der Waals surface area contributed by atoms with Crippen LogP contribution in [0.5, 0.6) is 0 Å². The lowest BCUT2D eigenvalue weighted by Crippen LogP contribution is -1.96. The Morgan fingerprint density at radius 3 is 2.32 bits per heavy atom. The number of hydrogen-bond donors (Lipinski definition) is 1. The zero-order valence-electron chi connectivity index (χ0n) is 10.7. The van der Waals surface area contributed by atoms with Crippen LogP contribution in [-0.4, -0.2) is 9.55 Å². The lowest BCUT2D eigenvalue weighted by Gasteiger charge is -2.08. The molecule has 0 unspecified atom stereocenters. The number of rotatable bonds is 2. The van der Waals surface area contributed by atoms with Crippen molar-refractivity contribution in [3.8, 4) is 17.1 Å². The molecule has 0 aliphatic rings. The lowest BCUT2D eigenvalue weighted by atomic mass is 10.2. The van der Waals surface area contributed by atoms with Crippen molar-refractivity contribution in [3.63, 3.8) is 0 Å². The van der Waals surface area contributed by atoms with Gasteiger partial charge in [-0.3, -0.25) is 4.57 Å². The van der Waals surface area contributed by atoms with Gasteiger partial charge in [0.05, 0.1) is 5.69 Å². The standard InChI is InChI=1S/C16H15N3/c1-12-11-19(15-9-7-14(17)8-10-15)16(18-12)13-5-3-2-4-6-13/h2-11H,17H2,1H3. The predicted molar refractivity (Wildman–Crippen MR) is 78.1 cm³/mol. The molecule has 0 saturated heterocycles. The van der Waals surface area contributed by atoms with Gasteiger partial charge in [0.25, 0.3) is 0 Å². The van der Waals surface area contributed by atoms with Gasteiger partial charge in [-0.15, -0.1) is 0 Å². The summed E-state index contributed by atoms with van der Waals surface area (Å²) < 4.78 is 2.09. The van der Waals surface area contributed by atoms with Crippen LogP contribution in [0.4, 0.5) is 5.69 Å². The third-order valence-corrected chi connectivity index (χ3v) is 3.03. The van der Waals surface area contributed by atoms with Crippen molar-refractivity contribution in [3.05, 3.63) is 66.5 Å². The first kappa shape index (κ1) is 11.5. The summed E-state index contributed by atoms with van der Waals surface area (Å²) in [6, 6.07) is 18.0. The lowest BCUT2D eigenvalue weighted by molar-refractivity contribution is 1.07. The molecular formula is C16H15N3. The zero-order chi connectivity index (χ0) is 13.2. The fourth-order valence-electron chi connectivity index (χ4n) is 2.12. The quantitative estimate of drug-likeness (QED) is 0.707. The Balaban J connectivity index is 2.15. The van der Waals surface area contributed by atoms with Gasteiger partial charge in [0.2, 0.25) is 0 Å². The molecule has 1 aromatic heterocycles. The molecule has 0 fully saturated rings. The Labute approximate surface area is 112 Å². The van der Waals surface area contributed by atoms with Crippen LogP contribution in [0.15, 0.2) is 60.8 Å². The second-order valence-corrected chi connectivity index (χ2v) is 4.53. The summed E-state index contributed by atoms with van der Waals surface area (Å²) in [6.45, 7) is 2.00. The van der Waals surface area contributed by atoms with Gasteiger partial charge in [0.15, 0.2) is 0 Å². The van der Waals surface area contributed by atoms with Crippen LogP contribution in [0, 0.1) is 6.92 Å². The molecule has 0 radical (unpaired) electrons. The Bertz CT molecular complexity index is 682. The third kappa shape index (κ3) is 2.22. The fraction of sp³-hybridized carbons (Fsp3) is 0.0625. The average molecular weight is 249 g/mol. The van der Waals surface area contributed by atoms with E-state index in [0.717, 1.165) is 28.5 Å². The van der Waals surface area contributed by atoms with Crippen LogP contribution in [0.25, 0.3) is 17.1 Å². The van der Waals surface area contributed by atoms with Crippen molar-refractivity contribution in [1.29, 1.82) is 0 Å². The van der Waals surface area contributed by atoms with E-state index < -0.39 is 0 Å². The first-order valence-electron chi connectivity index (χ1n) is 6.21. The van der Waals surface area contributed by atoms with E-state index in [-0.39, 0.29) is 0 Å². The molecule has 3 heteroatoms. The fourth-order valence-corrected chi connectivity index (χ4v) is 2.12. The third-order valence-electron chi connectivity index (χ3n) is 3.03. The molecule has 19 heavy (non-hydrogen) atoms. The number of aromatic nitrogens is 2. The first-order chi connectivity index (χ1) is 9.24. The summed E-state index contributed by atoms with van der Waals surface area (Å²) in [5.74, 6) is 0.947. The van der Waals surface area contributed by atoms with Gasteiger partial charge in [-0.2, -0.15) is 0 Å². The number of benzene rings is 2. The number of imidazole rings is 1. The minimum absolute atomic E-state index is 0.766. The maximum absolute atomic E-state index is 5.73. The van der Waals surface area contributed by atoms with E-state index in [4.69, 9.17) is 5.73 Å². The van der Waals surface area contributed by atoms with E-state index in [1.165, 1.54) is 0 Å². The smallest absolute Gasteiger partial charge is 0.144 e. The summed E-state index contributed by atoms with van der Waals surface area (Å²) in [5, 5.41) is 0. The molecule has 1 heterocycles. The minimum Gasteiger partial charge on any atom is -0.399 e. The molecule has 0 atom stereocenters. The van der Waals surface area contributed by atoms with Crippen LogP contribution >= 0.6 is 0 Å². The summed E-state index contributed by atoms with van der Waals surface area (Å²) in [4.78, 5) is 4.61. The van der Waals surface area contributed by atoms with E-state index in [2.05, 4.69) is 21.7 Å². The van der Waals surface area contributed by atoms with Crippen LogP contribution in [-0.2, 0) is 0 Å². The SMILES string of the molecule is Cc1cn(-c2ccc(N)cc2)c(-c2ccccc2)n1. The number of anilines is 1. The summed E-state index contributed by atoms with van der Waals surface area (Å²) >= 11 is 0. The van der Waals surface area contributed by atoms with Gasteiger partial charge >= 0.3 is 0 Å². The molecule has 3 nitrogen and oxygen atoms in total. The molecule has 0 saturated carbocycles. The number of nitrogen functional groups attached to an aromatic ring is 1. The van der Waals surface area contributed by atoms with Gasteiger partial charge in [-0.25, -0.2) is 4.98 Å². The molecule has 3 rings (SSSR count). The highest BCUT2D eigenvalue weighted by molar-refractivity contribution is 5.59. The maximum Gasteiger partial charge on any atom is 0.144 e. The maximum atomic E-state index is 5.73. The normalized spacial score (nSPS) is 10.6. The van der Waals surface area contributed by atoms with Gasteiger partial charge in [0, 0.05) is 23.1 Å². The minimum atomic E-state index is 0.766. The van der Waals surface area contributed by atoms with Gasteiger partial charge < -0.3 is 5.73 Å². The van der Waals surface area contributed by atoms with E-state index in [1.54, 1.807) is 0 Å². The molecular weight excluding hydrogens is 234 g/mol. The first-order valence-corrected chi connectivity index (χ1v) is 6.21. The van der Waals surface area contributed by atoms with E-state index in [1.807, 2.05) is 55.6 Å². The van der Waals surface area contributed by atoms with E-state index in [0.29, 0.717) is 0 Å². The summed E-state index contributed by atoms with van der Waals surface area (Å²) in [7, 11) is 0. The number of aryl methyl sites for hydroxylation is 1. The molecule has 3 aromatic rings. The van der Waals surface area contributed by atoms with E-state index >= 15 is 0 Å². The van der Waals surface area contributed by atoms with Crippen molar-refractivity contribution in [2.45, 2.75) is 6.92 Å². The van der Waals surface area contributed by atoms with Crippen LogP contribution in [0.1, 0.15) is 5.69 Å². The van der Waals surface area contributed by atoms with Gasteiger partial charge in [-0.05, 0) is 31.2 Å². The Kier molecular flexibility index (Phi) is 2.80. The topological polar surface area (TPSA) is 43.8 Å². The van der Waals surface area contributed by atoms with Crippen LogP contribution < -0.4 is 5.73 Å². The van der Waals surface area contributed by atoms with Crippen molar-refractivity contribution >= 4 is 5.69 Å². The summed E-state index contributed by atoms with van der Waals surface area (Å²) in [6.07, 6.45) is 2.04. The molecule has 2 N–H and O–H groups in total. The van der Waals surface area contributed by atoms with Crippen molar-refractivity contribution < 1.29 is 0 Å². The predicted octanol–water partition coefficient (Wildman–Crippen LogP) is 3.43. The number of hydrogen-bond acceptors (Lipinski definition) is 2. The average Bonchev–Trinajstić information content (AvgIpc) is 2.83. The van der Waals surface area contributed by atoms with Gasteiger partial charge in [0.1, 0.15) is 5.82 Å². The second kappa shape index (κ2) is 4.61. The highest BCUT2D eigenvalue weighted by atomic mass is 15.1. The van der Waals surface area contributed by atoms with Crippen molar-refractivity contribution in [1.82, 2.24) is 9.55 Å². The van der Waals surface area contributed by atoms with Gasteiger partial charge in [-0.1, -0.05) is 30.3 Å². The Morgan fingerprint density at radius 2 is 1.63 bits per heavy atom. The molecule has 0 amide bonds. The summed E-state index contributed by atoms with van der Waals surface area (Å²) in [5.41, 5.74) is 9.66. The molecule has 0 aliphatic carbocycles. The Morgan fingerprint density at radius 1 is 0.947 bits per heavy atom. The highest BCUT2D eigenvalue weighted by Gasteiger charge is 2.09. The van der Waals surface area contributed by atoms with Crippen LogP contribution in [0.3, 0.4) is 0 Å². The Hall–Kier alpha value is -2.55. The number of nitrogens with zero attached hydrogens (tertiary/aromatic N) is 2. The highest BCUT2D eigenvalue weighted by Crippen LogP contribution is 2.23. The van der Waals surface area contributed by atoms with E-state index in [9.17, 15) is 0 Å². The molecule has 94 valence electrons.